The minimum Gasteiger partial charge on any atom is -0.408 e. The van der Waals surface area contributed by atoms with Crippen LogP contribution < -0.4 is 10.5 Å². The Kier molecular flexibility index (Phi) is 5.15. The molecule has 0 aliphatic rings. The largest absolute Gasteiger partial charge is 0.408 e. The number of aromatic nitrogens is 2. The van der Waals surface area contributed by atoms with Crippen LogP contribution in [0.3, 0.4) is 0 Å². The zero-order chi connectivity index (χ0) is 16.2. The quantitative estimate of drug-likeness (QED) is 0.794. The first-order chi connectivity index (χ1) is 10.5. The van der Waals surface area contributed by atoms with Crippen LogP contribution in [0.15, 0.2) is 27.5 Å². The molecule has 0 aliphatic carbocycles. The van der Waals surface area contributed by atoms with Crippen LogP contribution >= 0.6 is 0 Å². The van der Waals surface area contributed by atoms with E-state index in [9.17, 15) is 8.42 Å². The van der Waals surface area contributed by atoms with Gasteiger partial charge in [-0.1, -0.05) is 25.0 Å². The smallest absolute Gasteiger partial charge is 0.312 e. The number of rotatable bonds is 7. The molecule has 0 unspecified atom stereocenters. The monoisotopic (exact) mass is 324 g/mol. The lowest BCUT2D eigenvalue weighted by molar-refractivity contribution is 0.506. The van der Waals surface area contributed by atoms with Crippen LogP contribution in [-0.4, -0.2) is 25.2 Å². The van der Waals surface area contributed by atoms with Gasteiger partial charge in [0, 0.05) is 13.0 Å². The molecule has 3 N–H and O–H groups in total. The first kappa shape index (κ1) is 16.4. The van der Waals surface area contributed by atoms with Crippen molar-refractivity contribution in [3.05, 3.63) is 35.2 Å². The zero-order valence-electron chi connectivity index (χ0n) is 12.7. The minimum atomic E-state index is -3.55. The molecule has 0 saturated heterocycles. The lowest BCUT2D eigenvalue weighted by atomic mass is 10.0. The number of nitrogens with two attached hydrogens (primary N) is 1. The van der Waals surface area contributed by atoms with Gasteiger partial charge in [-0.3, -0.25) is 0 Å². The molecular weight excluding hydrogens is 304 g/mol. The standard InChI is InChI=1S/C14H20N4O3S/c1-3-10-5-6-12(9-11(10)4-2)22(19,20)16-8-7-13-17-18-14(15)21-13/h5-6,9,16H,3-4,7-8H2,1-2H3,(H2,15,18). The lowest BCUT2D eigenvalue weighted by Gasteiger charge is -2.10. The van der Waals surface area contributed by atoms with E-state index in [1.165, 1.54) is 5.56 Å². The summed E-state index contributed by atoms with van der Waals surface area (Å²) in [5.41, 5.74) is 7.53. The van der Waals surface area contributed by atoms with Crippen LogP contribution in [0.4, 0.5) is 6.01 Å². The van der Waals surface area contributed by atoms with Crippen LogP contribution in [0.25, 0.3) is 0 Å². The van der Waals surface area contributed by atoms with Gasteiger partial charge in [0.05, 0.1) is 4.90 Å². The van der Waals surface area contributed by atoms with E-state index in [0.717, 1.165) is 18.4 Å². The van der Waals surface area contributed by atoms with E-state index < -0.39 is 10.0 Å². The predicted molar refractivity (Wildman–Crippen MR) is 82.8 cm³/mol. The summed E-state index contributed by atoms with van der Waals surface area (Å²) < 4.78 is 32.1. The Hall–Kier alpha value is -1.93. The molecule has 2 rings (SSSR count). The Labute approximate surface area is 130 Å². The number of nitrogen functional groups attached to an aromatic ring is 1. The van der Waals surface area contributed by atoms with Gasteiger partial charge in [0.2, 0.25) is 15.9 Å². The summed E-state index contributed by atoms with van der Waals surface area (Å²) in [7, 11) is -3.55. The third-order valence-electron chi connectivity index (χ3n) is 3.36. The molecule has 0 amide bonds. The summed E-state index contributed by atoms with van der Waals surface area (Å²) in [6.45, 7) is 4.23. The molecule has 0 saturated carbocycles. The number of anilines is 1. The number of sulfonamides is 1. The lowest BCUT2D eigenvalue weighted by Crippen LogP contribution is -2.26. The second-order valence-corrected chi connectivity index (χ2v) is 6.59. The molecule has 7 nitrogen and oxygen atoms in total. The van der Waals surface area contributed by atoms with E-state index in [1.54, 1.807) is 12.1 Å². The van der Waals surface area contributed by atoms with Crippen molar-refractivity contribution in [3.8, 4) is 0 Å². The molecule has 2 aromatic rings. The molecule has 0 aliphatic heterocycles. The van der Waals surface area contributed by atoms with Gasteiger partial charge in [-0.05, 0) is 36.1 Å². The van der Waals surface area contributed by atoms with Crippen LogP contribution in [-0.2, 0) is 29.3 Å². The Balaban J connectivity index is 2.06. The van der Waals surface area contributed by atoms with E-state index in [-0.39, 0.29) is 23.9 Å². The van der Waals surface area contributed by atoms with Crippen LogP contribution in [0.2, 0.25) is 0 Å². The van der Waals surface area contributed by atoms with Crippen molar-refractivity contribution in [2.24, 2.45) is 0 Å². The Morgan fingerprint density at radius 1 is 1.18 bits per heavy atom. The fourth-order valence-electron chi connectivity index (χ4n) is 2.19. The number of benzene rings is 1. The molecule has 0 fully saturated rings. The highest BCUT2D eigenvalue weighted by Gasteiger charge is 2.15. The topological polar surface area (TPSA) is 111 Å². The second kappa shape index (κ2) is 6.89. The van der Waals surface area contributed by atoms with Crippen LogP contribution in [0.5, 0.6) is 0 Å². The highest BCUT2D eigenvalue weighted by molar-refractivity contribution is 7.89. The Morgan fingerprint density at radius 3 is 2.50 bits per heavy atom. The van der Waals surface area contributed by atoms with Gasteiger partial charge in [-0.15, -0.1) is 5.10 Å². The number of hydrogen-bond donors (Lipinski definition) is 2. The molecule has 120 valence electrons. The van der Waals surface area contributed by atoms with Gasteiger partial charge >= 0.3 is 6.01 Å². The van der Waals surface area contributed by atoms with Crippen molar-refractivity contribution < 1.29 is 12.8 Å². The maximum Gasteiger partial charge on any atom is 0.312 e. The molecular formula is C14H20N4O3S. The van der Waals surface area contributed by atoms with Crippen LogP contribution in [0, 0.1) is 0 Å². The third kappa shape index (κ3) is 3.83. The van der Waals surface area contributed by atoms with Crippen LogP contribution in [0.1, 0.15) is 30.9 Å². The molecule has 1 aromatic heterocycles. The van der Waals surface area contributed by atoms with Crippen molar-refractivity contribution in [1.82, 2.24) is 14.9 Å². The second-order valence-electron chi connectivity index (χ2n) is 4.82. The first-order valence-electron chi connectivity index (χ1n) is 7.15. The maximum absolute atomic E-state index is 12.3. The molecule has 0 spiro atoms. The van der Waals surface area contributed by atoms with E-state index >= 15 is 0 Å². The number of nitrogens with one attached hydrogen (secondary N) is 1. The third-order valence-corrected chi connectivity index (χ3v) is 4.82. The zero-order valence-corrected chi connectivity index (χ0v) is 13.5. The first-order valence-corrected chi connectivity index (χ1v) is 8.64. The van der Waals surface area contributed by atoms with Gasteiger partial charge in [0.1, 0.15) is 0 Å². The summed E-state index contributed by atoms with van der Waals surface area (Å²) in [6, 6.07) is 5.20. The van der Waals surface area contributed by atoms with Crippen molar-refractivity contribution in [2.45, 2.75) is 38.0 Å². The molecule has 8 heteroatoms. The fraction of sp³-hybridized carbons (Fsp3) is 0.429. The van der Waals surface area contributed by atoms with Gasteiger partial charge < -0.3 is 10.2 Å². The summed E-state index contributed by atoms with van der Waals surface area (Å²) in [4.78, 5) is 0.270. The highest BCUT2D eigenvalue weighted by Crippen LogP contribution is 2.17. The number of aryl methyl sites for hydroxylation is 2. The molecule has 1 heterocycles. The maximum atomic E-state index is 12.3. The predicted octanol–water partition coefficient (Wildman–Crippen LogP) is 1.30. The Morgan fingerprint density at radius 2 is 1.91 bits per heavy atom. The van der Waals surface area contributed by atoms with E-state index in [4.69, 9.17) is 10.2 Å². The molecule has 1 aromatic carbocycles. The normalized spacial score (nSPS) is 11.7. The summed E-state index contributed by atoms with van der Waals surface area (Å²) in [6.07, 6.45) is 1.97. The van der Waals surface area contributed by atoms with E-state index in [2.05, 4.69) is 21.8 Å². The van der Waals surface area contributed by atoms with Gasteiger partial charge in [-0.2, -0.15) is 0 Å². The van der Waals surface area contributed by atoms with Gasteiger partial charge in [0.25, 0.3) is 0 Å². The average Bonchev–Trinajstić information content (AvgIpc) is 2.91. The fourth-order valence-corrected chi connectivity index (χ4v) is 3.27. The van der Waals surface area contributed by atoms with Crippen molar-refractivity contribution >= 4 is 16.0 Å². The molecule has 0 atom stereocenters. The molecule has 0 radical (unpaired) electrons. The molecule has 22 heavy (non-hydrogen) atoms. The summed E-state index contributed by atoms with van der Waals surface area (Å²) in [5.74, 6) is 0.302. The van der Waals surface area contributed by atoms with E-state index in [0.29, 0.717) is 5.89 Å². The molecule has 0 bridgehead atoms. The SMILES string of the molecule is CCc1ccc(S(=O)(=O)NCCc2nnc(N)o2)cc1CC. The average molecular weight is 324 g/mol. The van der Waals surface area contributed by atoms with Gasteiger partial charge in [0.15, 0.2) is 0 Å². The Bertz CT molecular complexity index is 740. The highest BCUT2D eigenvalue weighted by atomic mass is 32.2. The van der Waals surface area contributed by atoms with Crippen molar-refractivity contribution in [3.63, 3.8) is 0 Å². The number of nitrogens with zero attached hydrogens (tertiary/aromatic N) is 2. The minimum absolute atomic E-state index is 0.0272. The summed E-state index contributed by atoms with van der Waals surface area (Å²) >= 11 is 0. The summed E-state index contributed by atoms with van der Waals surface area (Å²) in [5, 5.41) is 7.20. The number of hydrogen-bond acceptors (Lipinski definition) is 6. The van der Waals surface area contributed by atoms with Gasteiger partial charge in [-0.25, -0.2) is 13.1 Å². The van der Waals surface area contributed by atoms with Crippen molar-refractivity contribution in [1.29, 1.82) is 0 Å². The van der Waals surface area contributed by atoms with Crippen molar-refractivity contribution in [2.75, 3.05) is 12.3 Å². The van der Waals surface area contributed by atoms with E-state index in [1.807, 2.05) is 13.0 Å².